The molecule has 0 bridgehead atoms. The third kappa shape index (κ3) is 2.77. The number of anilines is 1. The number of nitro groups is 1. The zero-order valence-corrected chi connectivity index (χ0v) is 9.97. The topological polar surface area (TPSA) is 72.2 Å². The molecule has 0 saturated heterocycles. The van der Waals surface area contributed by atoms with Crippen molar-refractivity contribution in [1.82, 2.24) is 0 Å². The molecule has 0 atom stereocenters. The molecular weight excluding hydrogens is 270 g/mol. The highest BCUT2D eigenvalue weighted by Gasteiger charge is 2.15. The van der Waals surface area contributed by atoms with Gasteiger partial charge in [0.15, 0.2) is 0 Å². The van der Waals surface area contributed by atoms with Crippen molar-refractivity contribution in [3.8, 4) is 0 Å². The molecule has 0 unspecified atom stereocenters. The maximum atomic E-state index is 13.4. The molecule has 102 valence electrons. The monoisotopic (exact) mass is 278 g/mol. The number of nitrogens with zero attached hydrogens (tertiary/aromatic N) is 1. The van der Waals surface area contributed by atoms with Crippen LogP contribution in [0.1, 0.15) is 10.4 Å². The van der Waals surface area contributed by atoms with Gasteiger partial charge in [-0.1, -0.05) is 12.1 Å². The number of benzene rings is 2. The van der Waals surface area contributed by atoms with Crippen LogP contribution in [0.4, 0.5) is 20.2 Å². The molecule has 0 saturated carbocycles. The predicted octanol–water partition coefficient (Wildman–Crippen LogP) is 3.13. The second-order valence-electron chi connectivity index (χ2n) is 3.86. The first-order valence-corrected chi connectivity index (χ1v) is 5.49. The number of amides is 1. The summed E-state index contributed by atoms with van der Waals surface area (Å²) in [6.45, 7) is 0. The molecule has 0 spiro atoms. The fraction of sp³-hybridized carbons (Fsp3) is 0. The number of non-ortho nitro benzene ring substituents is 1. The summed E-state index contributed by atoms with van der Waals surface area (Å²) in [7, 11) is 0. The minimum Gasteiger partial charge on any atom is -0.317 e. The Bertz CT molecular complexity index is 669. The lowest BCUT2D eigenvalue weighted by molar-refractivity contribution is -0.384. The van der Waals surface area contributed by atoms with Crippen LogP contribution in [-0.2, 0) is 0 Å². The first-order chi connectivity index (χ1) is 9.49. The van der Waals surface area contributed by atoms with E-state index in [4.69, 9.17) is 0 Å². The quantitative estimate of drug-likeness (QED) is 0.692. The van der Waals surface area contributed by atoms with Gasteiger partial charge in [0.2, 0.25) is 0 Å². The Hall–Kier alpha value is -2.83. The second kappa shape index (κ2) is 5.43. The van der Waals surface area contributed by atoms with Crippen LogP contribution in [0.5, 0.6) is 0 Å². The maximum Gasteiger partial charge on any atom is 0.270 e. The average molecular weight is 278 g/mol. The summed E-state index contributed by atoms with van der Waals surface area (Å²) in [5.74, 6) is -2.69. The van der Waals surface area contributed by atoms with Crippen LogP contribution >= 0.6 is 0 Å². The fourth-order valence-corrected chi connectivity index (χ4v) is 1.56. The molecule has 5 nitrogen and oxygen atoms in total. The van der Waals surface area contributed by atoms with E-state index in [1.165, 1.54) is 18.2 Å². The Morgan fingerprint density at radius 2 is 1.70 bits per heavy atom. The molecular formula is C13H8F2N2O3. The Labute approximate surface area is 112 Å². The van der Waals surface area contributed by atoms with Crippen LogP contribution in [0.15, 0.2) is 42.5 Å². The van der Waals surface area contributed by atoms with Gasteiger partial charge in [-0.3, -0.25) is 14.9 Å². The van der Waals surface area contributed by atoms with Crippen LogP contribution in [0.3, 0.4) is 0 Å². The number of halogens is 2. The van der Waals surface area contributed by atoms with Crippen molar-refractivity contribution in [2.75, 3.05) is 5.32 Å². The summed E-state index contributed by atoms with van der Waals surface area (Å²) < 4.78 is 26.7. The van der Waals surface area contributed by atoms with Gasteiger partial charge in [0.1, 0.15) is 17.3 Å². The van der Waals surface area contributed by atoms with E-state index in [1.807, 2.05) is 5.32 Å². The van der Waals surface area contributed by atoms with Gasteiger partial charge in [0.05, 0.1) is 4.92 Å². The molecule has 0 aliphatic carbocycles. The number of rotatable bonds is 3. The molecule has 2 aromatic rings. The molecule has 1 amide bonds. The number of carbonyl (C=O) groups excluding carboxylic acids is 1. The highest BCUT2D eigenvalue weighted by molar-refractivity contribution is 6.04. The van der Waals surface area contributed by atoms with Gasteiger partial charge in [-0.2, -0.15) is 0 Å². The molecule has 0 aliphatic heterocycles. The molecule has 2 aromatic carbocycles. The normalized spacial score (nSPS) is 10.1. The van der Waals surface area contributed by atoms with Gasteiger partial charge in [-0.05, 0) is 18.2 Å². The van der Waals surface area contributed by atoms with Crippen molar-refractivity contribution in [2.45, 2.75) is 0 Å². The van der Waals surface area contributed by atoms with Crippen LogP contribution in [0.25, 0.3) is 0 Å². The van der Waals surface area contributed by atoms with Crippen molar-refractivity contribution in [1.29, 1.82) is 0 Å². The molecule has 7 heteroatoms. The zero-order chi connectivity index (χ0) is 14.7. The largest absolute Gasteiger partial charge is 0.317 e. The van der Waals surface area contributed by atoms with Gasteiger partial charge in [-0.25, -0.2) is 8.78 Å². The number of carbonyl (C=O) groups is 1. The smallest absolute Gasteiger partial charge is 0.270 e. The van der Waals surface area contributed by atoms with Crippen molar-refractivity contribution < 1.29 is 18.5 Å². The molecule has 0 heterocycles. The lowest BCUT2D eigenvalue weighted by Gasteiger charge is -2.07. The Morgan fingerprint density at radius 1 is 1.10 bits per heavy atom. The van der Waals surface area contributed by atoms with E-state index < -0.39 is 28.2 Å². The van der Waals surface area contributed by atoms with Crippen LogP contribution < -0.4 is 5.32 Å². The second-order valence-corrected chi connectivity index (χ2v) is 3.86. The first-order valence-electron chi connectivity index (χ1n) is 5.49. The third-order valence-corrected chi connectivity index (χ3v) is 2.52. The van der Waals surface area contributed by atoms with E-state index in [2.05, 4.69) is 0 Å². The van der Waals surface area contributed by atoms with E-state index >= 15 is 0 Å². The van der Waals surface area contributed by atoms with Crippen molar-refractivity contribution in [3.63, 3.8) is 0 Å². The van der Waals surface area contributed by atoms with Gasteiger partial charge < -0.3 is 5.32 Å². The fourth-order valence-electron chi connectivity index (χ4n) is 1.56. The van der Waals surface area contributed by atoms with Gasteiger partial charge >= 0.3 is 0 Å². The highest BCUT2D eigenvalue weighted by atomic mass is 19.1. The standard InChI is InChI=1S/C13H8F2N2O3/c14-10-5-2-6-11(15)12(10)16-13(18)8-3-1-4-9(7-8)17(19)20/h1-7H,(H,16,18). The van der Waals surface area contributed by atoms with Gasteiger partial charge in [-0.15, -0.1) is 0 Å². The molecule has 0 aliphatic rings. The summed E-state index contributed by atoms with van der Waals surface area (Å²) in [4.78, 5) is 21.8. The van der Waals surface area contributed by atoms with E-state index in [-0.39, 0.29) is 11.3 Å². The average Bonchev–Trinajstić information content (AvgIpc) is 2.43. The summed E-state index contributed by atoms with van der Waals surface area (Å²) in [6.07, 6.45) is 0. The Balaban J connectivity index is 2.29. The molecule has 1 N–H and O–H groups in total. The number of hydrogen-bond acceptors (Lipinski definition) is 3. The number of hydrogen-bond donors (Lipinski definition) is 1. The van der Waals surface area contributed by atoms with Crippen LogP contribution in [-0.4, -0.2) is 10.8 Å². The van der Waals surface area contributed by atoms with Crippen molar-refractivity contribution >= 4 is 17.3 Å². The predicted molar refractivity (Wildman–Crippen MR) is 67.4 cm³/mol. The Morgan fingerprint density at radius 3 is 2.30 bits per heavy atom. The molecule has 0 radical (unpaired) electrons. The molecule has 20 heavy (non-hydrogen) atoms. The van der Waals surface area contributed by atoms with Crippen LogP contribution in [0, 0.1) is 21.7 Å². The van der Waals surface area contributed by atoms with Crippen LogP contribution in [0.2, 0.25) is 0 Å². The van der Waals surface area contributed by atoms with Gasteiger partial charge in [0, 0.05) is 17.7 Å². The summed E-state index contributed by atoms with van der Waals surface area (Å²) in [5.41, 5.74) is -0.947. The van der Waals surface area contributed by atoms with Crippen molar-refractivity contribution in [2.24, 2.45) is 0 Å². The van der Waals surface area contributed by atoms with Crippen molar-refractivity contribution in [3.05, 3.63) is 69.8 Å². The summed E-state index contributed by atoms with van der Waals surface area (Å²) >= 11 is 0. The summed E-state index contributed by atoms with van der Waals surface area (Å²) in [6, 6.07) is 7.99. The highest BCUT2D eigenvalue weighted by Crippen LogP contribution is 2.20. The number of nitro benzene ring substituents is 1. The molecule has 0 aromatic heterocycles. The minimum atomic E-state index is -0.927. The Kier molecular flexibility index (Phi) is 3.69. The number of nitrogens with one attached hydrogen (secondary N) is 1. The first kappa shape index (κ1) is 13.6. The minimum absolute atomic E-state index is 0.0677. The number of para-hydroxylation sites is 1. The zero-order valence-electron chi connectivity index (χ0n) is 9.97. The van der Waals surface area contributed by atoms with E-state index in [0.29, 0.717) is 0 Å². The molecule has 0 fully saturated rings. The van der Waals surface area contributed by atoms with E-state index in [1.54, 1.807) is 0 Å². The lowest BCUT2D eigenvalue weighted by atomic mass is 10.2. The molecule has 2 rings (SSSR count). The SMILES string of the molecule is O=C(Nc1c(F)cccc1F)c1cccc([N+](=O)[O-])c1. The summed E-state index contributed by atoms with van der Waals surface area (Å²) in [5, 5.41) is 12.6. The maximum absolute atomic E-state index is 13.4. The van der Waals surface area contributed by atoms with E-state index in [9.17, 15) is 23.7 Å². The lowest BCUT2D eigenvalue weighted by Crippen LogP contribution is -2.14. The third-order valence-electron chi connectivity index (χ3n) is 2.52. The van der Waals surface area contributed by atoms with E-state index in [0.717, 1.165) is 24.3 Å². The van der Waals surface area contributed by atoms with Gasteiger partial charge in [0.25, 0.3) is 11.6 Å².